The van der Waals surface area contributed by atoms with Gasteiger partial charge in [0.15, 0.2) is 4.96 Å². The second-order valence-electron chi connectivity index (χ2n) is 4.16. The number of carbonyl (C=O) groups excluding carboxylic acids is 1. The van der Waals surface area contributed by atoms with Crippen LogP contribution in [0.1, 0.15) is 15.2 Å². The Hall–Kier alpha value is -2.54. The summed E-state index contributed by atoms with van der Waals surface area (Å²) in [5.74, 6) is -0.480. The van der Waals surface area contributed by atoms with Crippen LogP contribution >= 0.6 is 11.3 Å². The van der Waals surface area contributed by atoms with Crippen LogP contribution in [0, 0.1) is 6.92 Å². The summed E-state index contributed by atoms with van der Waals surface area (Å²) in [5, 5.41) is 2.64. The molecule has 6 nitrogen and oxygen atoms in total. The maximum Gasteiger partial charge on any atom is 0.271 e. The molecule has 0 aliphatic heterocycles. The molecule has 0 atom stereocenters. The van der Waals surface area contributed by atoms with Gasteiger partial charge in [0.1, 0.15) is 5.56 Å². The minimum atomic E-state index is -0.480. The number of rotatable bonds is 2. The lowest BCUT2D eigenvalue weighted by Gasteiger charge is -2.03. The van der Waals surface area contributed by atoms with Gasteiger partial charge in [0.05, 0.1) is 0 Å². The number of thiazole rings is 1. The second-order valence-corrected chi connectivity index (χ2v) is 5.37. The molecule has 0 aliphatic carbocycles. The van der Waals surface area contributed by atoms with Crippen LogP contribution in [0.5, 0.6) is 0 Å². The van der Waals surface area contributed by atoms with Crippen molar-refractivity contribution in [2.75, 3.05) is 5.32 Å². The number of nitrogens with one attached hydrogen (secondary N) is 1. The number of fused-ring (bicyclic) bond motifs is 1. The van der Waals surface area contributed by atoms with Crippen molar-refractivity contribution in [3.63, 3.8) is 0 Å². The molecular formula is C13H10N4O2S. The van der Waals surface area contributed by atoms with Gasteiger partial charge >= 0.3 is 0 Å². The lowest BCUT2D eigenvalue weighted by Crippen LogP contribution is -2.25. The van der Waals surface area contributed by atoms with Gasteiger partial charge in [0, 0.05) is 35.4 Å². The third kappa shape index (κ3) is 2.19. The molecule has 3 aromatic rings. The summed E-state index contributed by atoms with van der Waals surface area (Å²) in [7, 11) is 0. The molecule has 0 saturated carbocycles. The van der Waals surface area contributed by atoms with Crippen LogP contribution < -0.4 is 10.9 Å². The first kappa shape index (κ1) is 12.5. The zero-order valence-electron chi connectivity index (χ0n) is 10.5. The molecule has 20 heavy (non-hydrogen) atoms. The summed E-state index contributed by atoms with van der Waals surface area (Å²) in [6.07, 6.45) is 6.11. The Morgan fingerprint density at radius 2 is 2.10 bits per heavy atom. The minimum absolute atomic E-state index is 0.0112. The quantitative estimate of drug-likeness (QED) is 0.778. The summed E-state index contributed by atoms with van der Waals surface area (Å²) in [5.41, 5.74) is 0.221. The van der Waals surface area contributed by atoms with E-state index >= 15 is 0 Å². The Morgan fingerprint density at radius 1 is 1.35 bits per heavy atom. The Balaban J connectivity index is 2.00. The molecule has 3 heterocycles. The average molecular weight is 286 g/mol. The Morgan fingerprint density at radius 3 is 2.85 bits per heavy atom. The predicted molar refractivity (Wildman–Crippen MR) is 76.3 cm³/mol. The monoisotopic (exact) mass is 286 g/mol. The standard InChI is InChI=1S/C13H10N4O2S/c1-8-7-17-12(19)10(6-15-13(17)20-8)11(18)16-9-2-4-14-5-3-9/h2-7H,1H3,(H,14,16,18). The highest BCUT2D eigenvalue weighted by Crippen LogP contribution is 2.13. The molecule has 1 N–H and O–H groups in total. The van der Waals surface area contributed by atoms with Crippen molar-refractivity contribution in [1.29, 1.82) is 0 Å². The van der Waals surface area contributed by atoms with Crippen LogP contribution in [-0.2, 0) is 0 Å². The first-order chi connectivity index (χ1) is 9.65. The van der Waals surface area contributed by atoms with Crippen LogP contribution in [-0.4, -0.2) is 20.3 Å². The molecular weight excluding hydrogens is 276 g/mol. The summed E-state index contributed by atoms with van der Waals surface area (Å²) in [6, 6.07) is 3.30. The number of hydrogen-bond donors (Lipinski definition) is 1. The molecule has 0 bridgehead atoms. The number of hydrogen-bond acceptors (Lipinski definition) is 5. The maximum absolute atomic E-state index is 12.2. The van der Waals surface area contributed by atoms with Gasteiger partial charge in [0.25, 0.3) is 11.5 Å². The summed E-state index contributed by atoms with van der Waals surface area (Å²) >= 11 is 1.40. The van der Waals surface area contributed by atoms with Crippen LogP contribution in [0.3, 0.4) is 0 Å². The van der Waals surface area contributed by atoms with Crippen molar-refractivity contribution >= 4 is 27.9 Å². The first-order valence-electron chi connectivity index (χ1n) is 5.84. The lowest BCUT2D eigenvalue weighted by molar-refractivity contribution is 0.102. The number of pyridine rings is 1. The van der Waals surface area contributed by atoms with E-state index in [1.807, 2.05) is 6.92 Å². The average Bonchev–Trinajstić information content (AvgIpc) is 2.82. The normalized spacial score (nSPS) is 10.7. The van der Waals surface area contributed by atoms with Gasteiger partial charge in [-0.25, -0.2) is 4.98 Å². The highest BCUT2D eigenvalue weighted by atomic mass is 32.1. The highest BCUT2D eigenvalue weighted by molar-refractivity contribution is 7.16. The molecule has 7 heteroatoms. The molecule has 0 fully saturated rings. The van der Waals surface area contributed by atoms with E-state index in [2.05, 4.69) is 15.3 Å². The van der Waals surface area contributed by atoms with Crippen molar-refractivity contribution in [3.8, 4) is 0 Å². The zero-order valence-corrected chi connectivity index (χ0v) is 11.3. The molecule has 0 unspecified atom stereocenters. The molecule has 1 amide bonds. The van der Waals surface area contributed by atoms with Crippen molar-refractivity contribution in [1.82, 2.24) is 14.4 Å². The lowest BCUT2D eigenvalue weighted by atomic mass is 10.3. The van der Waals surface area contributed by atoms with Gasteiger partial charge in [-0.1, -0.05) is 0 Å². The molecule has 100 valence electrons. The van der Waals surface area contributed by atoms with E-state index in [0.717, 1.165) is 4.88 Å². The minimum Gasteiger partial charge on any atom is -0.322 e. The Bertz CT molecular complexity index is 838. The van der Waals surface area contributed by atoms with Crippen LogP contribution in [0.25, 0.3) is 4.96 Å². The molecule has 3 rings (SSSR count). The van der Waals surface area contributed by atoms with Crippen LogP contribution in [0.15, 0.2) is 41.7 Å². The fourth-order valence-electron chi connectivity index (χ4n) is 1.78. The Kier molecular flexibility index (Phi) is 3.03. The number of carbonyl (C=O) groups is 1. The maximum atomic E-state index is 12.2. The van der Waals surface area contributed by atoms with Crippen LogP contribution in [0.4, 0.5) is 5.69 Å². The number of aryl methyl sites for hydroxylation is 1. The van der Waals surface area contributed by atoms with Crippen molar-refractivity contribution in [2.45, 2.75) is 6.92 Å². The third-order valence-corrected chi connectivity index (χ3v) is 3.62. The molecule has 0 saturated heterocycles. The van der Waals surface area contributed by atoms with Gasteiger partial charge in [-0.2, -0.15) is 0 Å². The van der Waals surface area contributed by atoms with E-state index in [0.29, 0.717) is 10.6 Å². The number of aromatic nitrogens is 3. The fourth-order valence-corrected chi connectivity index (χ4v) is 2.57. The number of amides is 1. The van der Waals surface area contributed by atoms with Crippen LogP contribution in [0.2, 0.25) is 0 Å². The van der Waals surface area contributed by atoms with Crippen molar-refractivity contribution in [2.24, 2.45) is 0 Å². The molecule has 0 aromatic carbocycles. The first-order valence-corrected chi connectivity index (χ1v) is 6.66. The van der Waals surface area contributed by atoms with Gasteiger partial charge in [-0.15, -0.1) is 11.3 Å². The van der Waals surface area contributed by atoms with Gasteiger partial charge < -0.3 is 5.32 Å². The topological polar surface area (TPSA) is 76.4 Å². The van der Waals surface area contributed by atoms with Crippen molar-refractivity contribution in [3.05, 3.63) is 57.7 Å². The SMILES string of the molecule is Cc1cn2c(=O)c(C(=O)Nc3ccncc3)cnc2s1. The summed E-state index contributed by atoms with van der Waals surface area (Å²) in [6.45, 7) is 1.88. The van der Waals surface area contributed by atoms with E-state index in [1.54, 1.807) is 30.7 Å². The smallest absolute Gasteiger partial charge is 0.271 e. The third-order valence-electron chi connectivity index (χ3n) is 2.71. The van der Waals surface area contributed by atoms with E-state index in [9.17, 15) is 9.59 Å². The van der Waals surface area contributed by atoms with Gasteiger partial charge in [-0.3, -0.25) is 19.0 Å². The Labute approximate surface area is 117 Å². The largest absolute Gasteiger partial charge is 0.322 e. The van der Waals surface area contributed by atoms with Crippen molar-refractivity contribution < 1.29 is 4.79 Å². The van der Waals surface area contributed by atoms with Gasteiger partial charge in [0.2, 0.25) is 0 Å². The molecule has 0 spiro atoms. The zero-order chi connectivity index (χ0) is 14.1. The molecule has 0 radical (unpaired) electrons. The highest BCUT2D eigenvalue weighted by Gasteiger charge is 2.14. The van der Waals surface area contributed by atoms with E-state index in [4.69, 9.17) is 0 Å². The van der Waals surface area contributed by atoms with Gasteiger partial charge in [-0.05, 0) is 19.1 Å². The summed E-state index contributed by atoms with van der Waals surface area (Å²) in [4.78, 5) is 33.9. The fraction of sp³-hybridized carbons (Fsp3) is 0.0769. The molecule has 0 aliphatic rings. The number of anilines is 1. The summed E-state index contributed by atoms with van der Waals surface area (Å²) < 4.78 is 1.39. The van der Waals surface area contributed by atoms with E-state index in [-0.39, 0.29) is 11.1 Å². The second kappa shape index (κ2) is 4.86. The van der Waals surface area contributed by atoms with E-state index in [1.165, 1.54) is 21.9 Å². The predicted octanol–water partition coefficient (Wildman–Crippen LogP) is 1.71. The molecule has 3 aromatic heterocycles. The number of nitrogens with zero attached hydrogens (tertiary/aromatic N) is 3. The van der Waals surface area contributed by atoms with E-state index < -0.39 is 5.91 Å².